The van der Waals surface area contributed by atoms with Crippen molar-refractivity contribution < 1.29 is 5.11 Å². The van der Waals surface area contributed by atoms with Crippen LogP contribution in [0.1, 0.15) is 28.1 Å². The zero-order valence-corrected chi connectivity index (χ0v) is 14.2. The van der Waals surface area contributed by atoms with Crippen molar-refractivity contribution in [1.82, 2.24) is 9.78 Å². The number of phenols is 1. The average Bonchev–Trinajstić information content (AvgIpc) is 2.85. The van der Waals surface area contributed by atoms with E-state index >= 15 is 0 Å². The van der Waals surface area contributed by atoms with Crippen LogP contribution in [0.15, 0.2) is 42.5 Å². The quantitative estimate of drug-likeness (QED) is 0.774. The van der Waals surface area contributed by atoms with Crippen LogP contribution in [0.2, 0.25) is 5.02 Å². The van der Waals surface area contributed by atoms with Gasteiger partial charge in [-0.05, 0) is 49.7 Å². The fourth-order valence-corrected chi connectivity index (χ4v) is 2.94. The van der Waals surface area contributed by atoms with Gasteiger partial charge in [0.05, 0.1) is 22.0 Å². The van der Waals surface area contributed by atoms with Crippen molar-refractivity contribution in [2.45, 2.75) is 20.3 Å². The summed E-state index contributed by atoms with van der Waals surface area (Å²) in [6.45, 7) is 3.99. The predicted octanol–water partition coefficient (Wildman–Crippen LogP) is 4.31. The highest BCUT2D eigenvalue weighted by atomic mass is 35.5. The highest BCUT2D eigenvalue weighted by Gasteiger charge is 2.14. The van der Waals surface area contributed by atoms with E-state index in [-0.39, 0.29) is 5.75 Å². The van der Waals surface area contributed by atoms with Crippen molar-refractivity contribution in [1.29, 1.82) is 5.26 Å². The lowest BCUT2D eigenvalue weighted by molar-refractivity contribution is 0.475. The van der Waals surface area contributed by atoms with Crippen molar-refractivity contribution in [2.24, 2.45) is 0 Å². The Hall–Kier alpha value is -2.77. The lowest BCUT2D eigenvalue weighted by atomic mass is 10.0. The van der Waals surface area contributed by atoms with E-state index in [1.807, 2.05) is 36.7 Å². The van der Waals surface area contributed by atoms with Crippen LogP contribution in [0.4, 0.5) is 0 Å². The number of rotatable bonds is 3. The number of halogens is 1. The Balaban J connectivity index is 1.99. The molecule has 5 heteroatoms. The number of aryl methyl sites for hydroxylation is 1. The SMILES string of the molecule is Cc1nn(-c2ccc(C#N)c(Cl)c2)c(C)c1Cc1ccc(O)cc1. The molecule has 0 amide bonds. The summed E-state index contributed by atoms with van der Waals surface area (Å²) in [4.78, 5) is 0. The van der Waals surface area contributed by atoms with E-state index in [4.69, 9.17) is 16.9 Å². The van der Waals surface area contributed by atoms with Crippen molar-refractivity contribution in [3.8, 4) is 17.5 Å². The van der Waals surface area contributed by atoms with Gasteiger partial charge >= 0.3 is 0 Å². The average molecular weight is 338 g/mol. The first-order chi connectivity index (χ1) is 11.5. The zero-order valence-electron chi connectivity index (χ0n) is 13.4. The van der Waals surface area contributed by atoms with Crippen LogP contribution in [0.3, 0.4) is 0 Å². The number of hydrogen-bond donors (Lipinski definition) is 1. The topological polar surface area (TPSA) is 61.8 Å². The third-order valence-corrected chi connectivity index (χ3v) is 4.39. The highest BCUT2D eigenvalue weighted by molar-refractivity contribution is 6.31. The van der Waals surface area contributed by atoms with Crippen LogP contribution >= 0.6 is 11.6 Å². The van der Waals surface area contributed by atoms with E-state index in [0.717, 1.165) is 34.6 Å². The van der Waals surface area contributed by atoms with E-state index in [2.05, 4.69) is 11.2 Å². The molecule has 3 aromatic rings. The van der Waals surface area contributed by atoms with Gasteiger partial charge in [0, 0.05) is 17.7 Å². The Morgan fingerprint density at radius 1 is 1.17 bits per heavy atom. The van der Waals surface area contributed by atoms with Crippen molar-refractivity contribution in [2.75, 3.05) is 0 Å². The summed E-state index contributed by atoms with van der Waals surface area (Å²) in [6.07, 6.45) is 0.738. The summed E-state index contributed by atoms with van der Waals surface area (Å²) in [5.74, 6) is 0.259. The van der Waals surface area contributed by atoms with Gasteiger partial charge in [-0.3, -0.25) is 0 Å². The smallest absolute Gasteiger partial charge is 0.115 e. The minimum atomic E-state index is 0.259. The largest absolute Gasteiger partial charge is 0.508 e. The molecule has 1 heterocycles. The van der Waals surface area contributed by atoms with Gasteiger partial charge in [-0.25, -0.2) is 4.68 Å². The first-order valence-electron chi connectivity index (χ1n) is 7.52. The van der Waals surface area contributed by atoms with Gasteiger partial charge in [-0.1, -0.05) is 23.7 Å². The van der Waals surface area contributed by atoms with Crippen LogP contribution in [-0.4, -0.2) is 14.9 Å². The molecule has 120 valence electrons. The second kappa shape index (κ2) is 6.38. The summed E-state index contributed by atoms with van der Waals surface area (Å²) in [6, 6.07) is 14.5. The highest BCUT2D eigenvalue weighted by Crippen LogP contribution is 2.24. The van der Waals surface area contributed by atoms with Crippen molar-refractivity contribution in [3.63, 3.8) is 0 Å². The number of phenolic OH excluding ortho intramolecular Hbond substituents is 1. The van der Waals surface area contributed by atoms with Gasteiger partial charge in [-0.2, -0.15) is 10.4 Å². The lowest BCUT2D eigenvalue weighted by Gasteiger charge is -2.07. The standard InChI is InChI=1S/C19H16ClN3O/c1-12-18(9-14-3-7-17(24)8-4-14)13(2)23(22-12)16-6-5-15(11-21)19(20)10-16/h3-8,10,24H,9H2,1-2H3. The first-order valence-corrected chi connectivity index (χ1v) is 7.90. The molecule has 0 aliphatic rings. The van der Waals surface area contributed by atoms with Crippen molar-refractivity contribution in [3.05, 3.63) is 75.6 Å². The summed E-state index contributed by atoms with van der Waals surface area (Å²) in [5.41, 5.74) is 5.50. The molecule has 0 radical (unpaired) electrons. The Labute approximate surface area is 145 Å². The molecule has 24 heavy (non-hydrogen) atoms. The van der Waals surface area contributed by atoms with Crippen molar-refractivity contribution >= 4 is 11.6 Å². The van der Waals surface area contributed by atoms with Crippen LogP contribution in [-0.2, 0) is 6.42 Å². The van der Waals surface area contributed by atoms with Gasteiger partial charge in [0.1, 0.15) is 11.8 Å². The fraction of sp³-hybridized carbons (Fsp3) is 0.158. The third-order valence-electron chi connectivity index (χ3n) is 4.08. The Bertz CT molecular complexity index is 936. The molecule has 2 aromatic carbocycles. The van der Waals surface area contributed by atoms with E-state index in [1.165, 1.54) is 0 Å². The second-order valence-electron chi connectivity index (χ2n) is 5.68. The summed E-state index contributed by atoms with van der Waals surface area (Å²) in [5, 5.41) is 23.4. The molecule has 1 N–H and O–H groups in total. The van der Waals surface area contributed by atoms with Gasteiger partial charge in [0.2, 0.25) is 0 Å². The molecule has 0 saturated heterocycles. The molecule has 0 atom stereocenters. The molecule has 1 aromatic heterocycles. The van der Waals surface area contributed by atoms with E-state index in [0.29, 0.717) is 10.6 Å². The van der Waals surface area contributed by atoms with E-state index in [1.54, 1.807) is 24.3 Å². The van der Waals surface area contributed by atoms with Crippen LogP contribution in [0.25, 0.3) is 5.69 Å². The lowest BCUT2D eigenvalue weighted by Crippen LogP contribution is -2.00. The van der Waals surface area contributed by atoms with Crippen LogP contribution < -0.4 is 0 Å². The summed E-state index contributed by atoms with van der Waals surface area (Å²) in [7, 11) is 0. The van der Waals surface area contributed by atoms with Crippen LogP contribution in [0.5, 0.6) is 5.75 Å². The third kappa shape index (κ3) is 2.99. The molecule has 0 aliphatic heterocycles. The molecule has 3 rings (SSSR count). The molecule has 4 nitrogen and oxygen atoms in total. The Kier molecular flexibility index (Phi) is 4.28. The normalized spacial score (nSPS) is 10.6. The minimum absolute atomic E-state index is 0.259. The molecule has 0 fully saturated rings. The Morgan fingerprint density at radius 3 is 2.50 bits per heavy atom. The number of hydrogen-bond acceptors (Lipinski definition) is 3. The number of nitriles is 1. The summed E-state index contributed by atoms with van der Waals surface area (Å²) < 4.78 is 1.85. The van der Waals surface area contributed by atoms with Gasteiger partial charge in [-0.15, -0.1) is 0 Å². The first kappa shape index (κ1) is 16.1. The molecular weight excluding hydrogens is 322 g/mol. The molecule has 0 aliphatic carbocycles. The molecule has 0 bridgehead atoms. The Morgan fingerprint density at radius 2 is 1.88 bits per heavy atom. The number of aromatic hydroxyl groups is 1. The maximum Gasteiger partial charge on any atom is 0.115 e. The molecule has 0 saturated carbocycles. The number of nitrogens with zero attached hydrogens (tertiary/aromatic N) is 3. The van der Waals surface area contributed by atoms with Gasteiger partial charge in [0.25, 0.3) is 0 Å². The monoisotopic (exact) mass is 337 g/mol. The number of aromatic nitrogens is 2. The van der Waals surface area contributed by atoms with Crippen LogP contribution in [0, 0.1) is 25.2 Å². The zero-order chi connectivity index (χ0) is 17.3. The minimum Gasteiger partial charge on any atom is -0.508 e. The van der Waals surface area contributed by atoms with Gasteiger partial charge < -0.3 is 5.11 Å². The maximum atomic E-state index is 9.40. The van der Waals surface area contributed by atoms with Gasteiger partial charge in [0.15, 0.2) is 0 Å². The molecule has 0 spiro atoms. The molecule has 0 unspecified atom stereocenters. The van der Waals surface area contributed by atoms with E-state index < -0.39 is 0 Å². The summed E-state index contributed by atoms with van der Waals surface area (Å²) >= 11 is 6.14. The predicted molar refractivity (Wildman–Crippen MR) is 93.7 cm³/mol. The maximum absolute atomic E-state index is 9.40. The fourth-order valence-electron chi connectivity index (χ4n) is 2.73. The molecular formula is C19H16ClN3O. The number of benzene rings is 2. The van der Waals surface area contributed by atoms with E-state index in [9.17, 15) is 5.11 Å². The second-order valence-corrected chi connectivity index (χ2v) is 6.09.